The number of amides is 1. The van der Waals surface area contributed by atoms with Crippen molar-refractivity contribution in [2.24, 2.45) is 0 Å². The average molecular weight is 522 g/mol. The molecule has 1 saturated carbocycles. The number of hydrogen-bond acceptors (Lipinski definition) is 6. The predicted molar refractivity (Wildman–Crippen MR) is 132 cm³/mol. The lowest BCUT2D eigenvalue weighted by molar-refractivity contribution is 0.0730. The van der Waals surface area contributed by atoms with Crippen molar-refractivity contribution in [3.8, 4) is 0 Å². The van der Waals surface area contributed by atoms with Gasteiger partial charge < -0.3 is 10.1 Å². The molecule has 0 aromatic heterocycles. The van der Waals surface area contributed by atoms with E-state index < -0.39 is 26.0 Å². The fourth-order valence-electron chi connectivity index (χ4n) is 4.48. The van der Waals surface area contributed by atoms with E-state index >= 15 is 0 Å². The molecule has 2 aromatic rings. The lowest BCUT2D eigenvalue weighted by atomic mass is 9.96. The molecule has 190 valence electrons. The average Bonchev–Trinajstić information content (AvgIpc) is 2.89. The zero-order chi connectivity index (χ0) is 25.1. The second kappa shape index (κ2) is 10.8. The van der Waals surface area contributed by atoms with E-state index in [0.717, 1.165) is 32.1 Å². The summed E-state index contributed by atoms with van der Waals surface area (Å²) in [7, 11) is -5.87. The number of carbonyl (C=O) groups excluding carboxylic acids is 1. The summed E-state index contributed by atoms with van der Waals surface area (Å²) < 4.78 is 60.2. The Hall–Kier alpha value is -2.31. The first-order valence-corrected chi connectivity index (χ1v) is 14.6. The zero-order valence-electron chi connectivity index (χ0n) is 19.7. The molecule has 0 radical (unpaired) electrons. The highest BCUT2D eigenvalue weighted by Gasteiger charge is 2.30. The molecule has 11 heteroatoms. The summed E-state index contributed by atoms with van der Waals surface area (Å²) in [6.45, 7) is 1.22. The number of sulfonamides is 2. The smallest absolute Gasteiger partial charge is 0.255 e. The second-order valence-electron chi connectivity index (χ2n) is 8.84. The molecule has 2 aliphatic rings. The first kappa shape index (κ1) is 25.8. The molecule has 2 aromatic carbocycles. The summed E-state index contributed by atoms with van der Waals surface area (Å²) in [5, 5.41) is 2.69. The van der Waals surface area contributed by atoms with Crippen molar-refractivity contribution in [2.75, 3.05) is 38.7 Å². The van der Waals surface area contributed by atoms with Crippen molar-refractivity contribution in [1.29, 1.82) is 0 Å². The van der Waals surface area contributed by atoms with Gasteiger partial charge in [0, 0.05) is 37.4 Å². The Morgan fingerprint density at radius 2 is 1.60 bits per heavy atom. The molecule has 1 heterocycles. The molecule has 4 rings (SSSR count). The minimum atomic E-state index is -3.75. The van der Waals surface area contributed by atoms with Crippen LogP contribution in [-0.2, 0) is 24.8 Å². The summed E-state index contributed by atoms with van der Waals surface area (Å²) in [6.07, 6.45) is 4.80. The van der Waals surface area contributed by atoms with Gasteiger partial charge in [0.1, 0.15) is 0 Å². The number of nitrogens with zero attached hydrogens (tertiary/aromatic N) is 2. The van der Waals surface area contributed by atoms with Gasteiger partial charge in [0.2, 0.25) is 20.0 Å². The van der Waals surface area contributed by atoms with E-state index in [-0.39, 0.29) is 34.5 Å². The Morgan fingerprint density at radius 3 is 2.31 bits per heavy atom. The molecule has 0 unspecified atom stereocenters. The normalized spacial score (nSPS) is 18.5. The molecule has 9 nitrogen and oxygen atoms in total. The van der Waals surface area contributed by atoms with Crippen LogP contribution in [0.2, 0.25) is 0 Å². The van der Waals surface area contributed by atoms with Crippen molar-refractivity contribution in [3.05, 3.63) is 54.1 Å². The Labute approximate surface area is 207 Å². The van der Waals surface area contributed by atoms with E-state index in [2.05, 4.69) is 5.32 Å². The largest absolute Gasteiger partial charge is 0.379 e. The van der Waals surface area contributed by atoms with Crippen LogP contribution in [0.4, 0.5) is 5.69 Å². The number of rotatable bonds is 7. The van der Waals surface area contributed by atoms with Crippen LogP contribution in [0.3, 0.4) is 0 Å². The number of morpholine rings is 1. The first-order valence-electron chi connectivity index (χ1n) is 11.8. The van der Waals surface area contributed by atoms with Crippen molar-refractivity contribution in [3.63, 3.8) is 0 Å². The molecular weight excluding hydrogens is 490 g/mol. The van der Waals surface area contributed by atoms with Crippen molar-refractivity contribution >= 4 is 31.6 Å². The van der Waals surface area contributed by atoms with Gasteiger partial charge in [-0.2, -0.15) is 8.61 Å². The topological polar surface area (TPSA) is 113 Å². The maximum absolute atomic E-state index is 13.2. The summed E-state index contributed by atoms with van der Waals surface area (Å²) in [4.78, 5) is 13.1. The van der Waals surface area contributed by atoms with Crippen LogP contribution in [0.1, 0.15) is 42.5 Å². The van der Waals surface area contributed by atoms with E-state index in [0.29, 0.717) is 18.9 Å². The van der Waals surface area contributed by atoms with Crippen LogP contribution in [0.5, 0.6) is 0 Å². The zero-order valence-corrected chi connectivity index (χ0v) is 21.4. The number of carbonyl (C=O) groups is 1. The summed E-state index contributed by atoms with van der Waals surface area (Å²) in [5.41, 5.74) is 0.474. The molecule has 0 spiro atoms. The molecular formula is C24H31N3O6S2. The summed E-state index contributed by atoms with van der Waals surface area (Å²) in [5.74, 6) is -0.525. The van der Waals surface area contributed by atoms with Crippen LogP contribution in [0.15, 0.2) is 58.3 Å². The van der Waals surface area contributed by atoms with Gasteiger partial charge in [-0.25, -0.2) is 16.8 Å². The first-order chi connectivity index (χ1) is 16.7. The maximum Gasteiger partial charge on any atom is 0.255 e. The van der Waals surface area contributed by atoms with E-state index in [1.165, 1.54) is 45.0 Å². The van der Waals surface area contributed by atoms with E-state index in [9.17, 15) is 21.6 Å². The molecule has 35 heavy (non-hydrogen) atoms. The quantitative estimate of drug-likeness (QED) is 0.600. The summed E-state index contributed by atoms with van der Waals surface area (Å²) in [6, 6.07) is 11.9. The number of ether oxygens (including phenoxy) is 1. The standard InChI is InChI=1S/C24H31N3O6S2/c1-26(21-9-3-2-4-10-21)34(29,30)22-11-5-7-19(17-22)24(28)25-20-8-6-12-23(18-20)35(31,32)27-13-15-33-16-14-27/h5-8,11-12,17-18,21H,2-4,9-10,13-16H2,1H3,(H,25,28). The van der Waals surface area contributed by atoms with Crippen LogP contribution in [0.25, 0.3) is 0 Å². The van der Waals surface area contributed by atoms with Gasteiger partial charge in [-0.3, -0.25) is 4.79 Å². The van der Waals surface area contributed by atoms with Gasteiger partial charge in [-0.05, 0) is 49.2 Å². The summed E-state index contributed by atoms with van der Waals surface area (Å²) >= 11 is 0. The van der Waals surface area contributed by atoms with Crippen LogP contribution < -0.4 is 5.32 Å². The lowest BCUT2D eigenvalue weighted by Crippen LogP contribution is -2.40. The van der Waals surface area contributed by atoms with Crippen LogP contribution >= 0.6 is 0 Å². The highest BCUT2D eigenvalue weighted by Crippen LogP contribution is 2.27. The van der Waals surface area contributed by atoms with Gasteiger partial charge in [-0.1, -0.05) is 31.4 Å². The Kier molecular flexibility index (Phi) is 7.92. The molecule has 1 aliphatic carbocycles. The van der Waals surface area contributed by atoms with E-state index in [1.807, 2.05) is 0 Å². The van der Waals surface area contributed by atoms with Gasteiger partial charge >= 0.3 is 0 Å². The fraction of sp³-hybridized carbons (Fsp3) is 0.458. The third-order valence-electron chi connectivity index (χ3n) is 6.56. The van der Waals surface area contributed by atoms with Gasteiger partial charge in [0.05, 0.1) is 23.0 Å². The monoisotopic (exact) mass is 521 g/mol. The maximum atomic E-state index is 13.2. The van der Waals surface area contributed by atoms with Crippen molar-refractivity contribution in [2.45, 2.75) is 47.9 Å². The highest BCUT2D eigenvalue weighted by molar-refractivity contribution is 7.89. The van der Waals surface area contributed by atoms with Crippen molar-refractivity contribution in [1.82, 2.24) is 8.61 Å². The van der Waals surface area contributed by atoms with Crippen LogP contribution in [-0.4, -0.2) is 70.7 Å². The lowest BCUT2D eigenvalue weighted by Gasteiger charge is -2.30. The van der Waals surface area contributed by atoms with Gasteiger partial charge in [-0.15, -0.1) is 0 Å². The van der Waals surface area contributed by atoms with E-state index in [4.69, 9.17) is 4.74 Å². The fourth-order valence-corrected chi connectivity index (χ4v) is 7.40. The second-order valence-corrected chi connectivity index (χ2v) is 12.8. The Balaban J connectivity index is 1.51. The third-order valence-corrected chi connectivity index (χ3v) is 10.4. The molecule has 0 bridgehead atoms. The number of benzene rings is 2. The third kappa shape index (κ3) is 5.75. The van der Waals surface area contributed by atoms with Crippen molar-refractivity contribution < 1.29 is 26.4 Å². The van der Waals surface area contributed by atoms with Gasteiger partial charge in [0.15, 0.2) is 0 Å². The minimum absolute atomic E-state index is 0.0395. The highest BCUT2D eigenvalue weighted by atomic mass is 32.2. The Morgan fingerprint density at radius 1 is 0.943 bits per heavy atom. The molecule has 1 N–H and O–H groups in total. The number of nitrogens with one attached hydrogen (secondary N) is 1. The molecule has 1 amide bonds. The van der Waals surface area contributed by atoms with E-state index in [1.54, 1.807) is 19.2 Å². The van der Waals surface area contributed by atoms with Gasteiger partial charge in [0.25, 0.3) is 5.91 Å². The molecule has 2 fully saturated rings. The molecule has 1 aliphatic heterocycles. The minimum Gasteiger partial charge on any atom is -0.379 e. The predicted octanol–water partition coefficient (Wildman–Crippen LogP) is 2.91. The number of anilines is 1. The molecule has 0 atom stereocenters. The van der Waals surface area contributed by atoms with Crippen LogP contribution in [0, 0.1) is 0 Å². The SMILES string of the molecule is CN(C1CCCCC1)S(=O)(=O)c1cccc(C(=O)Nc2cccc(S(=O)(=O)N3CCOCC3)c2)c1. The number of hydrogen-bond donors (Lipinski definition) is 1. The Bertz CT molecular complexity index is 1270. The molecule has 1 saturated heterocycles.